The van der Waals surface area contributed by atoms with E-state index in [4.69, 9.17) is 33.9 Å². The first-order valence-electron chi connectivity index (χ1n) is 10.2. The number of anilines is 3. The maximum Gasteiger partial charge on any atom is 0.154 e. The van der Waals surface area contributed by atoms with Crippen LogP contribution in [0, 0.1) is 0 Å². The second kappa shape index (κ2) is 8.97. The molecule has 0 bridgehead atoms. The number of hydrogen-bond acceptors (Lipinski definition) is 5. The molecule has 5 nitrogen and oxygen atoms in total. The van der Waals surface area contributed by atoms with Crippen molar-refractivity contribution in [2.45, 2.75) is 31.9 Å². The van der Waals surface area contributed by atoms with E-state index in [0.29, 0.717) is 15.7 Å². The average Bonchev–Trinajstić information content (AvgIpc) is 2.72. The van der Waals surface area contributed by atoms with Crippen LogP contribution in [0.4, 0.5) is 17.2 Å². The summed E-state index contributed by atoms with van der Waals surface area (Å²) in [7, 11) is 2.32. The highest BCUT2D eigenvalue weighted by Gasteiger charge is 2.21. The summed E-state index contributed by atoms with van der Waals surface area (Å²) >= 11 is 12.6. The molecule has 1 aromatic carbocycles. The summed E-state index contributed by atoms with van der Waals surface area (Å²) in [6.07, 6.45) is 6.05. The van der Waals surface area contributed by atoms with Gasteiger partial charge in [-0.1, -0.05) is 42.3 Å². The van der Waals surface area contributed by atoms with Crippen LogP contribution in [0.3, 0.4) is 0 Å². The van der Waals surface area contributed by atoms with Crippen molar-refractivity contribution in [1.29, 1.82) is 0 Å². The van der Waals surface area contributed by atoms with Crippen molar-refractivity contribution >= 4 is 58.6 Å². The van der Waals surface area contributed by atoms with Gasteiger partial charge < -0.3 is 20.9 Å². The molecule has 1 aromatic heterocycles. The van der Waals surface area contributed by atoms with Crippen molar-refractivity contribution < 1.29 is 0 Å². The quantitative estimate of drug-likeness (QED) is 0.705. The minimum absolute atomic E-state index is 0.517. The third-order valence-corrected chi connectivity index (χ3v) is 6.45. The summed E-state index contributed by atoms with van der Waals surface area (Å²) in [4.78, 5) is 9.64. The molecule has 0 spiro atoms. The molecule has 2 aliphatic heterocycles. The molecule has 2 aromatic rings. The number of nitrogens with zero attached hydrogens (tertiary/aromatic N) is 3. The number of halogens is 2. The maximum atomic E-state index is 6.62. The first kappa shape index (κ1) is 19.9. The lowest BCUT2D eigenvalue weighted by Gasteiger charge is -2.30. The number of rotatable bonds is 5. The van der Waals surface area contributed by atoms with E-state index in [1.54, 1.807) is 0 Å². The molecule has 2 saturated heterocycles. The molecule has 2 fully saturated rings. The zero-order valence-electron chi connectivity index (χ0n) is 16.2. The molecule has 0 saturated carbocycles. The highest BCUT2D eigenvalue weighted by molar-refractivity contribution is 6.43. The minimum Gasteiger partial charge on any atom is -0.394 e. The maximum absolute atomic E-state index is 6.62. The largest absolute Gasteiger partial charge is 0.394 e. The van der Waals surface area contributed by atoms with Crippen LogP contribution >= 0.6 is 23.2 Å². The van der Waals surface area contributed by atoms with E-state index in [1.807, 2.05) is 12.1 Å². The average molecular weight is 419 g/mol. The molecule has 4 rings (SSSR count). The Labute approximate surface area is 177 Å². The van der Waals surface area contributed by atoms with Crippen LogP contribution in [0.1, 0.15) is 19.3 Å². The summed E-state index contributed by atoms with van der Waals surface area (Å²) in [5.74, 6) is 0.847. The van der Waals surface area contributed by atoms with E-state index in [1.165, 1.54) is 32.4 Å². The Morgan fingerprint density at radius 2 is 1.75 bits per heavy atom. The third kappa shape index (κ3) is 4.29. The van der Waals surface area contributed by atoms with Crippen LogP contribution in [-0.2, 0) is 0 Å². The second-order valence-corrected chi connectivity index (χ2v) is 8.50. The van der Waals surface area contributed by atoms with Crippen molar-refractivity contribution in [2.24, 2.45) is 0 Å². The monoisotopic (exact) mass is 418 g/mol. The van der Waals surface area contributed by atoms with Crippen LogP contribution in [0.5, 0.6) is 0 Å². The van der Waals surface area contributed by atoms with E-state index in [-0.39, 0.29) is 0 Å². The van der Waals surface area contributed by atoms with Crippen molar-refractivity contribution in [3.05, 3.63) is 22.2 Å². The zero-order chi connectivity index (χ0) is 19.5. The van der Waals surface area contributed by atoms with Gasteiger partial charge in [0.2, 0.25) is 0 Å². The Kier molecular flexibility index (Phi) is 6.39. The molecule has 0 aliphatic carbocycles. The van der Waals surface area contributed by atoms with Gasteiger partial charge in [0.25, 0.3) is 0 Å². The molecule has 0 amide bonds. The van der Waals surface area contributed by atoms with Crippen molar-refractivity contribution in [3.63, 3.8) is 0 Å². The number of aromatic nitrogens is 1. The minimum atomic E-state index is 0.517. The number of piperidine rings is 1. The summed E-state index contributed by atoms with van der Waals surface area (Å²) in [5.41, 5.74) is 9.07. The van der Waals surface area contributed by atoms with Crippen molar-refractivity contribution in [2.75, 3.05) is 55.2 Å². The molecule has 149 valence electrons. The fourth-order valence-electron chi connectivity index (χ4n) is 4.18. The van der Waals surface area contributed by atoms with Gasteiger partial charge >= 0.3 is 0 Å². The van der Waals surface area contributed by atoms with E-state index < -0.39 is 0 Å². The fraction of sp³-hybridized carbons (Fsp3) is 0.550. The van der Waals surface area contributed by atoms with Gasteiger partial charge in [0.15, 0.2) is 5.82 Å². The van der Waals surface area contributed by atoms with Gasteiger partial charge in [-0.3, -0.25) is 0 Å². The molecule has 0 atom stereocenters. The van der Waals surface area contributed by atoms with E-state index in [2.05, 4.69) is 22.4 Å². The van der Waals surface area contributed by atoms with E-state index >= 15 is 0 Å². The molecular weight excluding hydrogens is 392 g/mol. The Morgan fingerprint density at radius 3 is 2.50 bits per heavy atom. The molecule has 28 heavy (non-hydrogen) atoms. The number of likely N-dealkylation sites (tertiary alicyclic amines) is 1. The molecule has 1 radical (unpaired) electrons. The van der Waals surface area contributed by atoms with Gasteiger partial charge in [-0.05, 0) is 38.1 Å². The Bertz CT molecular complexity index is 835. The normalized spacial score (nSPS) is 18.3. The van der Waals surface area contributed by atoms with Gasteiger partial charge in [0.05, 0.1) is 26.9 Å². The fourth-order valence-corrected chi connectivity index (χ4v) is 4.50. The molecule has 8 heteroatoms. The summed E-state index contributed by atoms with van der Waals surface area (Å²) < 4.78 is 0. The lowest BCUT2D eigenvalue weighted by Crippen LogP contribution is -2.34. The van der Waals surface area contributed by atoms with Crippen LogP contribution in [0.15, 0.2) is 12.1 Å². The highest BCUT2D eigenvalue weighted by atomic mass is 35.5. The first-order chi connectivity index (χ1) is 13.6. The second-order valence-electron chi connectivity index (χ2n) is 7.69. The Hall–Kier alpha value is -1.37. The SMILES string of the molecule is Nc1c(N2CC[B]CC2)nc2cc(Cl)c(Cl)cc2c1NCCN1CCCCC1. The van der Waals surface area contributed by atoms with E-state index in [0.717, 1.165) is 61.2 Å². The number of fused-ring (bicyclic) bond motifs is 1. The van der Waals surface area contributed by atoms with Gasteiger partial charge in [-0.15, -0.1) is 0 Å². The zero-order valence-corrected chi connectivity index (χ0v) is 17.7. The van der Waals surface area contributed by atoms with E-state index in [9.17, 15) is 0 Å². The predicted molar refractivity (Wildman–Crippen MR) is 123 cm³/mol. The van der Waals surface area contributed by atoms with Crippen molar-refractivity contribution in [1.82, 2.24) is 9.88 Å². The molecule has 0 unspecified atom stereocenters. The smallest absolute Gasteiger partial charge is 0.154 e. The number of benzene rings is 1. The van der Waals surface area contributed by atoms with Crippen LogP contribution in [-0.4, -0.2) is 56.4 Å². The molecule has 2 aliphatic rings. The molecule has 3 heterocycles. The highest BCUT2D eigenvalue weighted by Crippen LogP contribution is 2.39. The first-order valence-corrected chi connectivity index (χ1v) is 11.0. The summed E-state index contributed by atoms with van der Waals surface area (Å²) in [5, 5.41) is 5.56. The van der Waals surface area contributed by atoms with Crippen LogP contribution in [0.25, 0.3) is 10.9 Å². The Morgan fingerprint density at radius 1 is 1.04 bits per heavy atom. The summed E-state index contributed by atoms with van der Waals surface area (Å²) in [6.45, 7) is 6.11. The topological polar surface area (TPSA) is 57.4 Å². The van der Waals surface area contributed by atoms with Crippen molar-refractivity contribution in [3.8, 4) is 0 Å². The standard InChI is InChI=1S/C20H27BCl2N5/c22-15-12-14-17(13-16(15)23)26-20(28-9-4-21-5-10-28)18(24)19(14)25-6-11-27-7-2-1-3-8-27/h12-13H,1-11,24H2,(H,25,26). The van der Waals surface area contributed by atoms with Gasteiger partial charge in [-0.2, -0.15) is 0 Å². The van der Waals surface area contributed by atoms with Gasteiger partial charge in [-0.25, -0.2) is 4.98 Å². The Balaban J connectivity index is 1.64. The summed E-state index contributed by atoms with van der Waals surface area (Å²) in [6, 6.07) is 3.72. The third-order valence-electron chi connectivity index (χ3n) is 5.73. The predicted octanol–water partition coefficient (Wildman–Crippen LogP) is 4.38. The number of nitrogens with two attached hydrogens (primary N) is 1. The number of hydrogen-bond donors (Lipinski definition) is 2. The molecular formula is C20H27BCl2N5. The van der Waals surface area contributed by atoms with Gasteiger partial charge in [0.1, 0.15) is 7.28 Å². The van der Waals surface area contributed by atoms with Gasteiger partial charge in [0, 0.05) is 31.6 Å². The number of nitrogen functional groups attached to an aromatic ring is 1. The molecule has 3 N–H and O–H groups in total. The number of pyridine rings is 1. The lowest BCUT2D eigenvalue weighted by atomic mass is 9.68. The van der Waals surface area contributed by atoms with Crippen LogP contribution in [0.2, 0.25) is 22.7 Å². The van der Waals surface area contributed by atoms with Crippen LogP contribution < -0.4 is 16.0 Å². The number of nitrogens with one attached hydrogen (secondary N) is 1. The lowest BCUT2D eigenvalue weighted by molar-refractivity contribution is 0.237.